The average Bonchev–Trinajstić information content (AvgIpc) is 2.38. The molecule has 0 aliphatic rings. The van der Waals surface area contributed by atoms with E-state index in [0.717, 1.165) is 5.75 Å². The van der Waals surface area contributed by atoms with Gasteiger partial charge >= 0.3 is 5.97 Å². The molecule has 0 aliphatic carbocycles. The summed E-state index contributed by atoms with van der Waals surface area (Å²) in [5.74, 6) is -0.0491. The van der Waals surface area contributed by atoms with Gasteiger partial charge < -0.3 is 15.2 Å². The van der Waals surface area contributed by atoms with Gasteiger partial charge in [-0.25, -0.2) is 0 Å². The molecule has 0 fully saturated rings. The lowest BCUT2D eigenvalue weighted by Gasteiger charge is -2.07. The normalized spacial score (nSPS) is 9.72. The third-order valence-electron chi connectivity index (χ3n) is 2.28. The number of hydrogen-bond donors (Lipinski definition) is 2. The number of carbonyl (C=O) groups is 1. The van der Waals surface area contributed by atoms with Crippen molar-refractivity contribution < 1.29 is 14.6 Å². The van der Waals surface area contributed by atoms with Crippen LogP contribution in [-0.4, -0.2) is 30.8 Å². The van der Waals surface area contributed by atoms with Gasteiger partial charge in [0, 0.05) is 13.0 Å². The second-order valence-corrected chi connectivity index (χ2v) is 3.73. The Morgan fingerprint density at radius 3 is 2.67 bits per heavy atom. The monoisotopic (exact) mass is 248 g/mol. The van der Waals surface area contributed by atoms with E-state index < -0.39 is 5.97 Å². The largest absolute Gasteiger partial charge is 0.492 e. The van der Waals surface area contributed by atoms with Gasteiger partial charge in [-0.3, -0.25) is 4.79 Å². The summed E-state index contributed by atoms with van der Waals surface area (Å²) < 4.78 is 5.44. The van der Waals surface area contributed by atoms with E-state index in [4.69, 9.17) is 15.1 Å². The first-order valence-electron chi connectivity index (χ1n) is 5.78. The number of benzene rings is 1. The van der Waals surface area contributed by atoms with Gasteiger partial charge in [-0.15, -0.1) is 0 Å². The zero-order chi connectivity index (χ0) is 13.2. The van der Waals surface area contributed by atoms with Crippen LogP contribution in [0.25, 0.3) is 0 Å². The Morgan fingerprint density at radius 1 is 1.33 bits per heavy atom. The number of aliphatic carboxylic acids is 1. The Hall–Kier alpha value is -2.06. The van der Waals surface area contributed by atoms with Gasteiger partial charge in [0.25, 0.3) is 0 Å². The Kier molecular flexibility index (Phi) is 6.30. The van der Waals surface area contributed by atoms with E-state index in [1.165, 1.54) is 0 Å². The summed E-state index contributed by atoms with van der Waals surface area (Å²) in [6, 6.07) is 8.95. The van der Waals surface area contributed by atoms with E-state index in [9.17, 15) is 4.79 Å². The molecule has 96 valence electrons. The fourth-order valence-corrected chi connectivity index (χ4v) is 1.36. The summed E-state index contributed by atoms with van der Waals surface area (Å²) >= 11 is 0. The quantitative estimate of drug-likeness (QED) is 0.679. The molecule has 5 nitrogen and oxygen atoms in total. The molecule has 0 aliphatic heterocycles. The maximum atomic E-state index is 10.3. The third-order valence-corrected chi connectivity index (χ3v) is 2.28. The second kappa shape index (κ2) is 8.09. The van der Waals surface area contributed by atoms with Crippen LogP contribution in [-0.2, 0) is 4.79 Å². The van der Waals surface area contributed by atoms with Crippen LogP contribution in [0, 0.1) is 11.3 Å². The van der Waals surface area contributed by atoms with Crippen LogP contribution in [0.5, 0.6) is 5.75 Å². The van der Waals surface area contributed by atoms with Gasteiger partial charge in [0.05, 0.1) is 11.6 Å². The molecule has 0 heterocycles. The molecule has 0 saturated carbocycles. The smallest absolute Gasteiger partial charge is 0.303 e. The molecular weight excluding hydrogens is 232 g/mol. The minimum absolute atomic E-state index is 0.184. The van der Waals surface area contributed by atoms with Crippen LogP contribution in [0.1, 0.15) is 18.4 Å². The molecule has 5 heteroatoms. The highest BCUT2D eigenvalue weighted by molar-refractivity contribution is 5.66. The number of nitriles is 1. The maximum Gasteiger partial charge on any atom is 0.303 e. The fourth-order valence-electron chi connectivity index (χ4n) is 1.36. The SMILES string of the molecule is N#Cc1ccc(OCCNCCCC(=O)O)cc1. The third kappa shape index (κ3) is 5.87. The van der Waals surface area contributed by atoms with Gasteiger partial charge in [-0.1, -0.05) is 0 Å². The fraction of sp³-hybridized carbons (Fsp3) is 0.385. The number of hydrogen-bond acceptors (Lipinski definition) is 4. The standard InChI is InChI=1S/C13H16N2O3/c14-10-11-3-5-12(6-4-11)18-9-8-15-7-1-2-13(16)17/h3-6,15H,1-2,7-9H2,(H,16,17). The average molecular weight is 248 g/mol. The highest BCUT2D eigenvalue weighted by Crippen LogP contribution is 2.10. The lowest BCUT2D eigenvalue weighted by atomic mass is 10.2. The molecule has 0 spiro atoms. The zero-order valence-corrected chi connectivity index (χ0v) is 10.1. The van der Waals surface area contributed by atoms with E-state index >= 15 is 0 Å². The van der Waals surface area contributed by atoms with Crippen molar-refractivity contribution >= 4 is 5.97 Å². The molecule has 0 amide bonds. The Balaban J connectivity index is 2.07. The molecule has 0 unspecified atom stereocenters. The predicted octanol–water partition coefficient (Wildman–Crippen LogP) is 1.39. The van der Waals surface area contributed by atoms with Crippen LogP contribution in [0.3, 0.4) is 0 Å². The van der Waals surface area contributed by atoms with E-state index in [1.807, 2.05) is 6.07 Å². The van der Waals surface area contributed by atoms with E-state index in [0.29, 0.717) is 31.7 Å². The highest BCUT2D eigenvalue weighted by atomic mass is 16.5. The minimum Gasteiger partial charge on any atom is -0.492 e. The van der Waals surface area contributed by atoms with Crippen molar-refractivity contribution in [3.63, 3.8) is 0 Å². The molecule has 0 atom stereocenters. The summed E-state index contributed by atoms with van der Waals surface area (Å²) in [5, 5.41) is 20.1. The number of carboxylic acid groups (broad SMARTS) is 1. The van der Waals surface area contributed by atoms with Gasteiger partial charge in [0.2, 0.25) is 0 Å². The maximum absolute atomic E-state index is 10.3. The number of ether oxygens (including phenoxy) is 1. The van der Waals surface area contributed by atoms with Crippen LogP contribution in [0.15, 0.2) is 24.3 Å². The van der Waals surface area contributed by atoms with E-state index in [1.54, 1.807) is 24.3 Å². The lowest BCUT2D eigenvalue weighted by molar-refractivity contribution is -0.137. The van der Waals surface area contributed by atoms with Crippen molar-refractivity contribution in [2.24, 2.45) is 0 Å². The van der Waals surface area contributed by atoms with Crippen molar-refractivity contribution in [1.82, 2.24) is 5.32 Å². The molecule has 18 heavy (non-hydrogen) atoms. The van der Waals surface area contributed by atoms with Gasteiger partial charge in [-0.2, -0.15) is 5.26 Å². The first-order valence-corrected chi connectivity index (χ1v) is 5.78. The van der Waals surface area contributed by atoms with Crippen LogP contribution in [0.4, 0.5) is 0 Å². The molecule has 0 radical (unpaired) electrons. The van der Waals surface area contributed by atoms with Crippen LogP contribution < -0.4 is 10.1 Å². The molecule has 0 saturated heterocycles. The van der Waals surface area contributed by atoms with Crippen molar-refractivity contribution in [2.45, 2.75) is 12.8 Å². The zero-order valence-electron chi connectivity index (χ0n) is 10.1. The first kappa shape index (κ1) is 14.0. The van der Waals surface area contributed by atoms with Crippen molar-refractivity contribution in [3.05, 3.63) is 29.8 Å². The van der Waals surface area contributed by atoms with Crippen LogP contribution in [0.2, 0.25) is 0 Å². The molecule has 2 N–H and O–H groups in total. The lowest BCUT2D eigenvalue weighted by Crippen LogP contribution is -2.22. The van der Waals surface area contributed by atoms with Crippen molar-refractivity contribution in [3.8, 4) is 11.8 Å². The van der Waals surface area contributed by atoms with E-state index in [-0.39, 0.29) is 6.42 Å². The first-order chi connectivity index (χ1) is 8.72. The molecule has 1 rings (SSSR count). The summed E-state index contributed by atoms with van der Waals surface area (Å²) in [4.78, 5) is 10.3. The Morgan fingerprint density at radius 2 is 2.06 bits per heavy atom. The topological polar surface area (TPSA) is 82.3 Å². The summed E-state index contributed by atoms with van der Waals surface area (Å²) in [6.45, 7) is 1.85. The number of rotatable bonds is 8. The van der Waals surface area contributed by atoms with E-state index in [2.05, 4.69) is 5.32 Å². The molecule has 1 aromatic rings. The predicted molar refractivity (Wildman–Crippen MR) is 66.4 cm³/mol. The summed E-state index contributed by atoms with van der Waals surface area (Å²) in [7, 11) is 0. The number of carboxylic acids is 1. The number of nitrogens with zero attached hydrogens (tertiary/aromatic N) is 1. The highest BCUT2D eigenvalue weighted by Gasteiger charge is 1.96. The molecule has 0 aromatic heterocycles. The second-order valence-electron chi connectivity index (χ2n) is 3.73. The minimum atomic E-state index is -0.773. The molecule has 1 aromatic carbocycles. The van der Waals surface area contributed by atoms with Crippen LogP contribution >= 0.6 is 0 Å². The van der Waals surface area contributed by atoms with Gasteiger partial charge in [-0.05, 0) is 37.2 Å². The number of nitrogens with one attached hydrogen (secondary N) is 1. The summed E-state index contributed by atoms with van der Waals surface area (Å²) in [6.07, 6.45) is 0.801. The van der Waals surface area contributed by atoms with Gasteiger partial charge in [0.1, 0.15) is 12.4 Å². The Bertz CT molecular complexity index is 409. The van der Waals surface area contributed by atoms with Crippen molar-refractivity contribution in [1.29, 1.82) is 5.26 Å². The van der Waals surface area contributed by atoms with Gasteiger partial charge in [0.15, 0.2) is 0 Å². The van der Waals surface area contributed by atoms with Crippen molar-refractivity contribution in [2.75, 3.05) is 19.7 Å². The summed E-state index contributed by atoms with van der Waals surface area (Å²) in [5.41, 5.74) is 0.606. The molecular formula is C13H16N2O3. The molecule has 0 bridgehead atoms. The Labute approximate surface area is 106 Å².